The number of methoxy groups -OCH3 is 1. The third kappa shape index (κ3) is 5.57. The molecule has 9 heteroatoms. The average molecular weight is 585 g/mol. The van der Waals surface area contributed by atoms with Gasteiger partial charge in [-0.2, -0.15) is 0 Å². The lowest BCUT2D eigenvalue weighted by Gasteiger charge is -2.10. The number of nitrogens with zero attached hydrogens (tertiary/aromatic N) is 1. The number of carbonyl (C=O) groups is 1. The minimum absolute atomic E-state index is 0.271. The third-order valence-corrected chi connectivity index (χ3v) is 8.68. The summed E-state index contributed by atoms with van der Waals surface area (Å²) >= 11 is 16.0. The Bertz CT molecular complexity index is 1570. The highest BCUT2D eigenvalue weighted by atomic mass is 35.5. The maximum atomic E-state index is 12.0. The van der Waals surface area contributed by atoms with Crippen LogP contribution in [0.3, 0.4) is 0 Å². The standard InChI is InChI=1S/C29H23Cl2NO4S2/c1-3-6-23-20(28(32-36-23)27-21(30)7-4-8-22(27)31)16-35-17-11-13-18(14-12-17)37-24-9-5-10-25-19(24)15-26(38-25)29(33)34-2/h4-5,7-15H,3,6,16H2,1-2H3. The molecule has 0 aliphatic heterocycles. The zero-order valence-electron chi connectivity index (χ0n) is 20.6. The molecule has 2 heterocycles. The Hall–Kier alpha value is -2.97. The van der Waals surface area contributed by atoms with E-state index in [1.807, 2.05) is 48.5 Å². The minimum atomic E-state index is -0.321. The average Bonchev–Trinajstić information content (AvgIpc) is 3.53. The zero-order valence-corrected chi connectivity index (χ0v) is 23.8. The van der Waals surface area contributed by atoms with Crippen molar-refractivity contribution in [1.29, 1.82) is 0 Å². The van der Waals surface area contributed by atoms with Gasteiger partial charge < -0.3 is 14.0 Å². The van der Waals surface area contributed by atoms with Crippen LogP contribution in [-0.2, 0) is 17.8 Å². The Morgan fingerprint density at radius 2 is 1.79 bits per heavy atom. The zero-order chi connectivity index (χ0) is 26.6. The van der Waals surface area contributed by atoms with E-state index in [0.717, 1.165) is 49.8 Å². The molecule has 38 heavy (non-hydrogen) atoms. The number of ether oxygens (including phenoxy) is 2. The lowest BCUT2D eigenvalue weighted by molar-refractivity contribution is 0.0606. The lowest BCUT2D eigenvalue weighted by Crippen LogP contribution is -2.00. The molecule has 0 amide bonds. The van der Waals surface area contributed by atoms with Gasteiger partial charge in [-0.3, -0.25) is 0 Å². The van der Waals surface area contributed by atoms with Crippen molar-refractivity contribution in [2.45, 2.75) is 36.2 Å². The number of hydrogen-bond donors (Lipinski definition) is 0. The molecule has 0 aliphatic rings. The van der Waals surface area contributed by atoms with Crippen molar-refractivity contribution in [3.05, 3.63) is 93.0 Å². The summed E-state index contributed by atoms with van der Waals surface area (Å²) < 4.78 is 17.7. The van der Waals surface area contributed by atoms with Crippen molar-refractivity contribution >= 4 is 62.4 Å². The maximum absolute atomic E-state index is 12.0. The number of rotatable bonds is 9. The molecule has 0 bridgehead atoms. The van der Waals surface area contributed by atoms with E-state index in [4.69, 9.17) is 37.2 Å². The number of aromatic nitrogens is 1. The van der Waals surface area contributed by atoms with Crippen LogP contribution in [0.25, 0.3) is 21.3 Å². The van der Waals surface area contributed by atoms with Gasteiger partial charge in [-0.1, -0.05) is 59.2 Å². The van der Waals surface area contributed by atoms with Gasteiger partial charge >= 0.3 is 5.97 Å². The van der Waals surface area contributed by atoms with Gasteiger partial charge in [-0.25, -0.2) is 4.79 Å². The fraction of sp³-hybridized carbons (Fsp3) is 0.172. The summed E-state index contributed by atoms with van der Waals surface area (Å²) in [6.45, 7) is 2.35. The summed E-state index contributed by atoms with van der Waals surface area (Å²) in [7, 11) is 1.40. The summed E-state index contributed by atoms with van der Waals surface area (Å²) in [6.07, 6.45) is 1.64. The molecular weight excluding hydrogens is 561 g/mol. The highest BCUT2D eigenvalue weighted by Crippen LogP contribution is 2.39. The van der Waals surface area contributed by atoms with Gasteiger partial charge in [0.05, 0.1) is 22.7 Å². The highest BCUT2D eigenvalue weighted by Gasteiger charge is 2.22. The smallest absolute Gasteiger partial charge is 0.348 e. The predicted molar refractivity (Wildman–Crippen MR) is 154 cm³/mol. The second kappa shape index (κ2) is 11.8. The second-order valence-electron chi connectivity index (χ2n) is 8.41. The van der Waals surface area contributed by atoms with E-state index in [-0.39, 0.29) is 12.6 Å². The van der Waals surface area contributed by atoms with E-state index in [2.05, 4.69) is 12.1 Å². The van der Waals surface area contributed by atoms with E-state index in [1.54, 1.807) is 30.0 Å². The van der Waals surface area contributed by atoms with Gasteiger partial charge in [-0.05, 0) is 61.0 Å². The van der Waals surface area contributed by atoms with Crippen molar-refractivity contribution < 1.29 is 18.8 Å². The molecule has 5 aromatic rings. The molecule has 0 spiro atoms. The molecule has 194 valence electrons. The Kier molecular flexibility index (Phi) is 8.29. The molecule has 0 radical (unpaired) electrons. The molecular formula is C29H23Cl2NO4S2. The molecule has 0 saturated heterocycles. The number of halogens is 2. The first-order chi connectivity index (χ1) is 18.5. The lowest BCUT2D eigenvalue weighted by atomic mass is 10.0. The molecule has 2 aromatic heterocycles. The summed E-state index contributed by atoms with van der Waals surface area (Å²) in [5, 5.41) is 6.34. The Morgan fingerprint density at radius 1 is 1.05 bits per heavy atom. The Balaban J connectivity index is 1.34. The van der Waals surface area contributed by atoms with Crippen LogP contribution >= 0.6 is 46.3 Å². The first-order valence-electron chi connectivity index (χ1n) is 11.9. The topological polar surface area (TPSA) is 61.6 Å². The number of thiophene rings is 1. The maximum Gasteiger partial charge on any atom is 0.348 e. The van der Waals surface area contributed by atoms with Gasteiger partial charge in [0.1, 0.15) is 28.7 Å². The van der Waals surface area contributed by atoms with Crippen LogP contribution < -0.4 is 4.74 Å². The minimum Gasteiger partial charge on any atom is -0.489 e. The molecule has 0 unspecified atom stereocenters. The number of hydrogen-bond acceptors (Lipinski definition) is 7. The Labute approximate surface area is 238 Å². The van der Waals surface area contributed by atoms with E-state index < -0.39 is 0 Å². The van der Waals surface area contributed by atoms with Crippen LogP contribution in [0.4, 0.5) is 0 Å². The largest absolute Gasteiger partial charge is 0.489 e. The fourth-order valence-corrected chi connectivity index (χ4v) is 6.65. The number of fused-ring (bicyclic) bond motifs is 1. The van der Waals surface area contributed by atoms with Crippen LogP contribution in [-0.4, -0.2) is 18.2 Å². The number of benzene rings is 3. The van der Waals surface area contributed by atoms with Crippen LogP contribution in [0.1, 0.15) is 34.3 Å². The molecule has 3 aromatic carbocycles. The van der Waals surface area contributed by atoms with E-state index in [0.29, 0.717) is 26.2 Å². The molecule has 0 fully saturated rings. The number of carbonyl (C=O) groups excluding carboxylic acids is 1. The van der Waals surface area contributed by atoms with Gasteiger partial charge in [0.15, 0.2) is 0 Å². The molecule has 0 saturated carbocycles. The van der Waals surface area contributed by atoms with E-state index in [1.165, 1.54) is 18.4 Å². The number of esters is 1. The SMILES string of the molecule is CCCc1onc(-c2c(Cl)cccc2Cl)c1COc1ccc(Sc2cccc3sc(C(=O)OC)cc23)cc1. The third-order valence-electron chi connectivity index (χ3n) is 5.89. The van der Waals surface area contributed by atoms with Gasteiger partial charge in [-0.15, -0.1) is 11.3 Å². The molecule has 5 rings (SSSR count). The molecule has 0 atom stereocenters. The number of aryl methyl sites for hydroxylation is 1. The molecule has 0 aliphatic carbocycles. The van der Waals surface area contributed by atoms with Gasteiger partial charge in [0, 0.05) is 31.9 Å². The van der Waals surface area contributed by atoms with Crippen molar-refractivity contribution in [3.63, 3.8) is 0 Å². The van der Waals surface area contributed by atoms with Crippen molar-refractivity contribution in [1.82, 2.24) is 5.16 Å². The summed E-state index contributed by atoms with van der Waals surface area (Å²) in [5.41, 5.74) is 2.09. The van der Waals surface area contributed by atoms with E-state index >= 15 is 0 Å². The molecule has 0 N–H and O–H groups in total. The first kappa shape index (κ1) is 26.6. The monoisotopic (exact) mass is 583 g/mol. The van der Waals surface area contributed by atoms with Crippen molar-refractivity contribution in [2.75, 3.05) is 7.11 Å². The summed E-state index contributed by atoms with van der Waals surface area (Å²) in [4.78, 5) is 14.7. The van der Waals surface area contributed by atoms with Crippen molar-refractivity contribution in [2.24, 2.45) is 0 Å². The fourth-order valence-electron chi connectivity index (χ4n) is 4.05. The van der Waals surface area contributed by atoms with Crippen molar-refractivity contribution in [3.8, 4) is 17.0 Å². The van der Waals surface area contributed by atoms with Crippen LogP contribution in [0.2, 0.25) is 10.0 Å². The quantitative estimate of drug-likeness (QED) is 0.161. The van der Waals surface area contributed by atoms with Crippen LogP contribution in [0.5, 0.6) is 5.75 Å². The second-order valence-corrected chi connectivity index (χ2v) is 11.4. The summed E-state index contributed by atoms with van der Waals surface area (Å²) in [5.74, 6) is 1.16. The normalized spacial score (nSPS) is 11.2. The van der Waals surface area contributed by atoms with Crippen LogP contribution in [0, 0.1) is 0 Å². The van der Waals surface area contributed by atoms with Crippen LogP contribution in [0.15, 0.2) is 81.0 Å². The molecule has 5 nitrogen and oxygen atoms in total. The van der Waals surface area contributed by atoms with Gasteiger partial charge in [0.25, 0.3) is 0 Å². The van der Waals surface area contributed by atoms with E-state index in [9.17, 15) is 4.79 Å². The summed E-state index contributed by atoms with van der Waals surface area (Å²) in [6, 6.07) is 21.2. The van der Waals surface area contributed by atoms with Gasteiger partial charge in [0.2, 0.25) is 0 Å². The Morgan fingerprint density at radius 3 is 2.50 bits per heavy atom. The predicted octanol–water partition coefficient (Wildman–Crippen LogP) is 9.33. The highest BCUT2D eigenvalue weighted by molar-refractivity contribution is 7.99. The first-order valence-corrected chi connectivity index (χ1v) is 14.3.